The van der Waals surface area contributed by atoms with E-state index in [1.807, 2.05) is 0 Å². The van der Waals surface area contributed by atoms with Gasteiger partial charge in [0.15, 0.2) is 0 Å². The van der Waals surface area contributed by atoms with Crippen molar-refractivity contribution in [3.05, 3.63) is 71.8 Å². The van der Waals surface area contributed by atoms with E-state index >= 15 is 0 Å². The Morgan fingerprint density at radius 3 is 1.42 bits per heavy atom. The maximum absolute atomic E-state index is 2.33. The Kier molecular flexibility index (Phi) is 7.13. The highest BCUT2D eigenvalue weighted by Gasteiger charge is 2.21. The molecule has 0 heterocycles. The van der Waals surface area contributed by atoms with Crippen molar-refractivity contribution in [2.75, 3.05) is 12.3 Å². The molecule has 2 aromatic rings. The minimum absolute atomic E-state index is 0. The molecular weight excluding hydrogens is 271 g/mol. The van der Waals surface area contributed by atoms with Crippen LogP contribution in [0, 0.1) is 0 Å². The average molecular weight is 293 g/mol. The second-order valence-corrected chi connectivity index (χ2v) is 7.40. The van der Waals surface area contributed by atoms with Crippen LogP contribution in [0.2, 0.25) is 0 Å². The first kappa shape index (κ1) is 16.2. The predicted octanol–water partition coefficient (Wildman–Crippen LogP) is 5.72. The summed E-state index contributed by atoms with van der Waals surface area (Å²) >= 11 is 0. The van der Waals surface area contributed by atoms with E-state index in [1.54, 1.807) is 0 Å². The van der Waals surface area contributed by atoms with Crippen LogP contribution in [-0.2, 0) is 0 Å². The van der Waals surface area contributed by atoms with Gasteiger partial charge < -0.3 is 0 Å². The molecule has 0 N–H and O–H groups in total. The molecule has 0 amide bonds. The lowest BCUT2D eigenvalue weighted by atomic mass is 10.0. The monoisotopic (exact) mass is 292 g/mol. The van der Waals surface area contributed by atoms with Crippen molar-refractivity contribution in [1.82, 2.24) is 0 Å². The summed E-state index contributed by atoms with van der Waals surface area (Å²) in [7, 11) is 0.0278. The Bertz CT molecular complexity index is 412. The van der Waals surface area contributed by atoms with Crippen molar-refractivity contribution in [3.63, 3.8) is 0 Å². The topological polar surface area (TPSA) is 0 Å². The van der Waals surface area contributed by atoms with Gasteiger partial charge in [-0.3, -0.25) is 0 Å². The lowest BCUT2D eigenvalue weighted by Crippen LogP contribution is -2.02. The third-order valence-corrected chi connectivity index (χ3v) is 6.36. The van der Waals surface area contributed by atoms with E-state index in [1.165, 1.54) is 23.5 Å². The van der Waals surface area contributed by atoms with Crippen molar-refractivity contribution >= 4 is 20.3 Å². The van der Waals surface area contributed by atoms with Crippen LogP contribution in [0.15, 0.2) is 60.7 Å². The Morgan fingerprint density at radius 2 is 1.11 bits per heavy atom. The SMILES string of the molecule is CCP(CC)C(c1ccccc1)c1ccccc1.Cl. The molecule has 0 aliphatic carbocycles. The zero-order valence-corrected chi connectivity index (χ0v) is 13.3. The van der Waals surface area contributed by atoms with Gasteiger partial charge in [0.2, 0.25) is 0 Å². The summed E-state index contributed by atoms with van der Waals surface area (Å²) in [6, 6.07) is 21.9. The van der Waals surface area contributed by atoms with Gasteiger partial charge in [0.1, 0.15) is 0 Å². The van der Waals surface area contributed by atoms with Crippen LogP contribution in [0.1, 0.15) is 30.6 Å². The normalized spacial score (nSPS) is 10.5. The highest BCUT2D eigenvalue weighted by Crippen LogP contribution is 2.53. The number of halogens is 1. The van der Waals surface area contributed by atoms with Gasteiger partial charge in [-0.25, -0.2) is 0 Å². The molecule has 2 aromatic carbocycles. The van der Waals surface area contributed by atoms with E-state index in [9.17, 15) is 0 Å². The fourth-order valence-corrected chi connectivity index (χ4v) is 4.84. The van der Waals surface area contributed by atoms with Gasteiger partial charge in [-0.1, -0.05) is 82.4 Å². The number of benzene rings is 2. The summed E-state index contributed by atoms with van der Waals surface area (Å²) in [6.07, 6.45) is 2.58. The largest absolute Gasteiger partial charge is 0.147 e. The molecule has 0 saturated heterocycles. The summed E-state index contributed by atoms with van der Waals surface area (Å²) < 4.78 is 0. The molecule has 0 saturated carbocycles. The standard InChI is InChI=1S/C17H21P.ClH/c1-3-18(4-2)17(15-11-7-5-8-12-15)16-13-9-6-10-14-16;/h5-14,17H,3-4H2,1-2H3;1H. The Morgan fingerprint density at radius 1 is 0.737 bits per heavy atom. The molecule has 0 nitrogen and oxygen atoms in total. The molecular formula is C17H22ClP. The molecule has 0 bridgehead atoms. The minimum Gasteiger partial charge on any atom is -0.147 e. The molecule has 2 heteroatoms. The Balaban J connectivity index is 0.00000180. The van der Waals surface area contributed by atoms with E-state index in [2.05, 4.69) is 74.5 Å². The predicted molar refractivity (Wildman–Crippen MR) is 90.0 cm³/mol. The molecule has 0 fully saturated rings. The molecule has 0 spiro atoms. The van der Waals surface area contributed by atoms with E-state index in [0.29, 0.717) is 5.66 Å². The first-order valence-corrected chi connectivity index (χ1v) is 8.48. The Labute approximate surface area is 124 Å². The van der Waals surface area contributed by atoms with E-state index in [4.69, 9.17) is 0 Å². The summed E-state index contributed by atoms with van der Waals surface area (Å²) in [5.74, 6) is 0. The van der Waals surface area contributed by atoms with Crippen molar-refractivity contribution in [2.24, 2.45) is 0 Å². The number of rotatable bonds is 5. The maximum atomic E-state index is 2.33. The average Bonchev–Trinajstić information content (AvgIpc) is 2.46. The van der Waals surface area contributed by atoms with Crippen molar-refractivity contribution < 1.29 is 0 Å². The van der Waals surface area contributed by atoms with E-state index in [-0.39, 0.29) is 20.3 Å². The summed E-state index contributed by atoms with van der Waals surface area (Å²) in [6.45, 7) is 4.65. The number of hydrogen-bond donors (Lipinski definition) is 0. The van der Waals surface area contributed by atoms with Gasteiger partial charge in [-0.2, -0.15) is 0 Å². The van der Waals surface area contributed by atoms with Gasteiger partial charge in [-0.05, 0) is 23.5 Å². The van der Waals surface area contributed by atoms with Crippen LogP contribution in [-0.4, -0.2) is 12.3 Å². The summed E-state index contributed by atoms with van der Waals surface area (Å²) in [5.41, 5.74) is 3.54. The highest BCUT2D eigenvalue weighted by atomic mass is 35.5. The second-order valence-electron chi connectivity index (χ2n) is 4.45. The third kappa shape index (κ3) is 4.06. The maximum Gasteiger partial charge on any atom is 0.0291 e. The first-order valence-electron chi connectivity index (χ1n) is 6.70. The van der Waals surface area contributed by atoms with Crippen LogP contribution < -0.4 is 0 Å². The molecule has 0 aliphatic heterocycles. The summed E-state index contributed by atoms with van der Waals surface area (Å²) in [4.78, 5) is 0. The van der Waals surface area contributed by atoms with Crippen molar-refractivity contribution in [1.29, 1.82) is 0 Å². The minimum atomic E-state index is 0. The first-order chi connectivity index (χ1) is 8.86. The van der Waals surface area contributed by atoms with Gasteiger partial charge in [0, 0.05) is 5.66 Å². The van der Waals surface area contributed by atoms with Gasteiger partial charge in [0.05, 0.1) is 0 Å². The van der Waals surface area contributed by atoms with Crippen LogP contribution in [0.4, 0.5) is 0 Å². The van der Waals surface area contributed by atoms with Crippen LogP contribution in [0.25, 0.3) is 0 Å². The second kappa shape index (κ2) is 8.35. The fraction of sp³-hybridized carbons (Fsp3) is 0.294. The van der Waals surface area contributed by atoms with E-state index < -0.39 is 0 Å². The fourth-order valence-electron chi connectivity index (χ4n) is 2.47. The zero-order valence-electron chi connectivity index (χ0n) is 11.6. The molecule has 0 atom stereocenters. The van der Waals surface area contributed by atoms with E-state index in [0.717, 1.165) is 0 Å². The molecule has 19 heavy (non-hydrogen) atoms. The molecule has 0 unspecified atom stereocenters. The van der Waals surface area contributed by atoms with Gasteiger partial charge in [-0.15, -0.1) is 12.4 Å². The lowest BCUT2D eigenvalue weighted by Gasteiger charge is -2.27. The summed E-state index contributed by atoms with van der Waals surface area (Å²) in [5, 5.41) is 0. The van der Waals surface area contributed by atoms with Gasteiger partial charge >= 0.3 is 0 Å². The quantitative estimate of drug-likeness (QED) is 0.618. The lowest BCUT2D eigenvalue weighted by molar-refractivity contribution is 1.11. The zero-order chi connectivity index (χ0) is 12.8. The van der Waals surface area contributed by atoms with Crippen molar-refractivity contribution in [2.45, 2.75) is 19.5 Å². The van der Waals surface area contributed by atoms with Crippen LogP contribution in [0.3, 0.4) is 0 Å². The van der Waals surface area contributed by atoms with Gasteiger partial charge in [0.25, 0.3) is 0 Å². The molecule has 0 aliphatic rings. The van der Waals surface area contributed by atoms with Crippen LogP contribution >= 0.6 is 20.3 Å². The smallest absolute Gasteiger partial charge is 0.0291 e. The Hall–Kier alpha value is -0.840. The number of hydrogen-bond acceptors (Lipinski definition) is 0. The van der Waals surface area contributed by atoms with Crippen LogP contribution in [0.5, 0.6) is 0 Å². The highest BCUT2D eigenvalue weighted by molar-refractivity contribution is 7.58. The molecule has 2 rings (SSSR count). The van der Waals surface area contributed by atoms with Crippen molar-refractivity contribution in [3.8, 4) is 0 Å². The third-order valence-electron chi connectivity index (χ3n) is 3.41. The molecule has 0 aromatic heterocycles. The molecule has 0 radical (unpaired) electrons. The molecule has 102 valence electrons.